The van der Waals surface area contributed by atoms with E-state index in [2.05, 4.69) is 4.98 Å². The summed E-state index contributed by atoms with van der Waals surface area (Å²) in [6.07, 6.45) is 1.65. The second-order valence-corrected chi connectivity index (χ2v) is 6.89. The Balaban J connectivity index is 1.54. The SMILES string of the molecule is C[C@H]1C(=O)N(Cc2ccccc2)CC(=O)N1Cc1cc(=O)n2ccccc2n1. The molecule has 7 heteroatoms. The Morgan fingerprint density at radius 2 is 1.75 bits per heavy atom. The van der Waals surface area contributed by atoms with Gasteiger partial charge in [-0.3, -0.25) is 18.8 Å². The number of aromatic nitrogens is 2. The number of hydrogen-bond acceptors (Lipinski definition) is 4. The van der Waals surface area contributed by atoms with Crippen molar-refractivity contribution in [3.63, 3.8) is 0 Å². The molecule has 0 saturated carbocycles. The van der Waals surface area contributed by atoms with Crippen LogP contribution in [0.3, 0.4) is 0 Å². The summed E-state index contributed by atoms with van der Waals surface area (Å²) in [5.41, 5.74) is 1.75. The Labute approximate surface area is 161 Å². The zero-order valence-electron chi connectivity index (χ0n) is 15.5. The molecule has 0 bridgehead atoms. The number of piperazine rings is 1. The Morgan fingerprint density at radius 1 is 1.00 bits per heavy atom. The third kappa shape index (κ3) is 3.38. The smallest absolute Gasteiger partial charge is 0.258 e. The minimum Gasteiger partial charge on any atom is -0.327 e. The molecule has 1 aliphatic heterocycles. The van der Waals surface area contributed by atoms with Crippen LogP contribution in [0.5, 0.6) is 0 Å². The zero-order chi connectivity index (χ0) is 19.7. The topological polar surface area (TPSA) is 75.0 Å². The number of carbonyl (C=O) groups excluding carboxylic acids is 2. The van der Waals surface area contributed by atoms with Gasteiger partial charge in [-0.15, -0.1) is 0 Å². The fraction of sp³-hybridized carbons (Fsp3) is 0.238. The van der Waals surface area contributed by atoms with Gasteiger partial charge in [0.2, 0.25) is 11.8 Å². The standard InChI is InChI=1S/C21H20N4O3/c1-15-21(28)23(12-16-7-3-2-4-8-16)14-20(27)25(15)13-17-11-19(26)24-10-6-5-9-18(24)22-17/h2-11,15H,12-14H2,1H3/t15-/m0/s1. The number of rotatable bonds is 4. The van der Waals surface area contributed by atoms with Crippen molar-refractivity contribution in [3.8, 4) is 0 Å². The molecular weight excluding hydrogens is 356 g/mol. The van der Waals surface area contributed by atoms with Crippen molar-refractivity contribution >= 4 is 17.5 Å². The molecular formula is C21H20N4O3. The molecule has 1 aliphatic rings. The normalized spacial score (nSPS) is 17.4. The van der Waals surface area contributed by atoms with Crippen LogP contribution in [0, 0.1) is 0 Å². The minimum absolute atomic E-state index is 0.0185. The highest BCUT2D eigenvalue weighted by Gasteiger charge is 2.36. The van der Waals surface area contributed by atoms with Crippen molar-refractivity contribution in [2.24, 2.45) is 0 Å². The van der Waals surface area contributed by atoms with Gasteiger partial charge in [0, 0.05) is 18.8 Å². The fourth-order valence-electron chi connectivity index (χ4n) is 3.47. The molecule has 7 nitrogen and oxygen atoms in total. The highest BCUT2D eigenvalue weighted by atomic mass is 16.2. The van der Waals surface area contributed by atoms with Crippen LogP contribution >= 0.6 is 0 Å². The first-order valence-electron chi connectivity index (χ1n) is 9.12. The summed E-state index contributed by atoms with van der Waals surface area (Å²) in [5, 5.41) is 0. The molecule has 0 aliphatic carbocycles. The van der Waals surface area contributed by atoms with Gasteiger partial charge >= 0.3 is 0 Å². The second-order valence-electron chi connectivity index (χ2n) is 6.89. The van der Waals surface area contributed by atoms with Gasteiger partial charge in [-0.05, 0) is 24.6 Å². The lowest BCUT2D eigenvalue weighted by atomic mass is 10.1. The Hall–Kier alpha value is -3.48. The van der Waals surface area contributed by atoms with E-state index in [1.165, 1.54) is 15.4 Å². The van der Waals surface area contributed by atoms with Crippen LogP contribution in [0.4, 0.5) is 0 Å². The average Bonchev–Trinajstić information content (AvgIpc) is 2.70. The van der Waals surface area contributed by atoms with E-state index >= 15 is 0 Å². The molecule has 2 aromatic heterocycles. The van der Waals surface area contributed by atoms with Crippen LogP contribution in [0.15, 0.2) is 65.6 Å². The highest BCUT2D eigenvalue weighted by Crippen LogP contribution is 2.17. The quantitative estimate of drug-likeness (QED) is 0.691. The maximum Gasteiger partial charge on any atom is 0.258 e. The van der Waals surface area contributed by atoms with E-state index in [-0.39, 0.29) is 30.5 Å². The van der Waals surface area contributed by atoms with Gasteiger partial charge < -0.3 is 9.80 Å². The molecule has 3 aromatic rings. The maximum atomic E-state index is 12.8. The molecule has 0 N–H and O–H groups in total. The van der Waals surface area contributed by atoms with Gasteiger partial charge in [0.15, 0.2) is 0 Å². The highest BCUT2D eigenvalue weighted by molar-refractivity contribution is 5.94. The van der Waals surface area contributed by atoms with Crippen LogP contribution in [0.2, 0.25) is 0 Å². The van der Waals surface area contributed by atoms with Crippen molar-refractivity contribution in [2.75, 3.05) is 6.54 Å². The van der Waals surface area contributed by atoms with Gasteiger partial charge in [-0.1, -0.05) is 36.4 Å². The summed E-state index contributed by atoms with van der Waals surface area (Å²) < 4.78 is 1.44. The number of hydrogen-bond donors (Lipinski definition) is 0. The van der Waals surface area contributed by atoms with Gasteiger partial charge in [-0.25, -0.2) is 4.98 Å². The van der Waals surface area contributed by atoms with Crippen LogP contribution in [0.25, 0.3) is 5.65 Å². The number of benzene rings is 1. The van der Waals surface area contributed by atoms with E-state index in [1.807, 2.05) is 30.3 Å². The van der Waals surface area contributed by atoms with Gasteiger partial charge in [-0.2, -0.15) is 0 Å². The summed E-state index contributed by atoms with van der Waals surface area (Å²) in [6.45, 7) is 2.26. The summed E-state index contributed by atoms with van der Waals surface area (Å²) in [7, 11) is 0. The maximum absolute atomic E-state index is 12.8. The minimum atomic E-state index is -0.610. The molecule has 142 valence electrons. The number of nitrogens with zero attached hydrogens (tertiary/aromatic N) is 4. The van der Waals surface area contributed by atoms with Crippen LogP contribution < -0.4 is 5.56 Å². The molecule has 3 heterocycles. The summed E-state index contributed by atoms with van der Waals surface area (Å²) in [4.78, 5) is 45.3. The molecule has 4 rings (SSSR count). The van der Waals surface area contributed by atoms with Crippen molar-refractivity contribution in [2.45, 2.75) is 26.1 Å². The molecule has 0 radical (unpaired) electrons. The van der Waals surface area contributed by atoms with Crippen LogP contribution in [0.1, 0.15) is 18.2 Å². The Bertz CT molecular complexity index is 1090. The third-order valence-corrected chi connectivity index (χ3v) is 4.96. The fourth-order valence-corrected chi connectivity index (χ4v) is 3.47. The summed E-state index contributed by atoms with van der Waals surface area (Å²) >= 11 is 0. The van der Waals surface area contributed by atoms with Crippen molar-refractivity contribution in [1.29, 1.82) is 0 Å². The van der Waals surface area contributed by atoms with Gasteiger partial charge in [0.1, 0.15) is 18.2 Å². The molecule has 0 spiro atoms. The zero-order valence-corrected chi connectivity index (χ0v) is 15.5. The van der Waals surface area contributed by atoms with Crippen LogP contribution in [-0.4, -0.2) is 43.6 Å². The molecule has 1 aromatic carbocycles. The second kappa shape index (κ2) is 7.26. The van der Waals surface area contributed by atoms with Gasteiger partial charge in [0.05, 0.1) is 12.2 Å². The third-order valence-electron chi connectivity index (χ3n) is 4.96. The lowest BCUT2D eigenvalue weighted by Gasteiger charge is -2.38. The molecule has 2 amide bonds. The molecule has 1 atom stereocenters. The number of carbonyl (C=O) groups is 2. The summed E-state index contributed by atoms with van der Waals surface area (Å²) in [5.74, 6) is -0.265. The predicted octanol–water partition coefficient (Wildman–Crippen LogP) is 1.45. The van der Waals surface area contributed by atoms with E-state index in [9.17, 15) is 14.4 Å². The number of fused-ring (bicyclic) bond motifs is 1. The summed E-state index contributed by atoms with van der Waals surface area (Å²) in [6, 6.07) is 15.7. The van der Waals surface area contributed by atoms with E-state index in [0.29, 0.717) is 17.9 Å². The van der Waals surface area contributed by atoms with E-state index in [0.717, 1.165) is 5.56 Å². The average molecular weight is 376 g/mol. The van der Waals surface area contributed by atoms with Crippen molar-refractivity contribution in [1.82, 2.24) is 19.2 Å². The predicted molar refractivity (Wildman–Crippen MR) is 103 cm³/mol. The van der Waals surface area contributed by atoms with E-state index in [4.69, 9.17) is 0 Å². The first-order valence-corrected chi connectivity index (χ1v) is 9.12. The van der Waals surface area contributed by atoms with Gasteiger partial charge in [0.25, 0.3) is 5.56 Å². The Kier molecular flexibility index (Phi) is 4.65. The van der Waals surface area contributed by atoms with E-state index < -0.39 is 6.04 Å². The molecule has 1 fully saturated rings. The first-order chi connectivity index (χ1) is 13.5. The van der Waals surface area contributed by atoms with Crippen molar-refractivity contribution in [3.05, 3.63) is 82.4 Å². The molecule has 1 saturated heterocycles. The lowest BCUT2D eigenvalue weighted by molar-refractivity contribution is -0.156. The monoisotopic (exact) mass is 376 g/mol. The molecule has 0 unspecified atom stereocenters. The number of amides is 2. The Morgan fingerprint density at radius 3 is 2.54 bits per heavy atom. The number of pyridine rings is 1. The lowest BCUT2D eigenvalue weighted by Crippen LogP contribution is -2.58. The first kappa shape index (κ1) is 17.9. The largest absolute Gasteiger partial charge is 0.327 e. The molecule has 28 heavy (non-hydrogen) atoms. The van der Waals surface area contributed by atoms with E-state index in [1.54, 1.807) is 36.2 Å². The van der Waals surface area contributed by atoms with Crippen LogP contribution in [-0.2, 0) is 22.7 Å². The van der Waals surface area contributed by atoms with Crippen molar-refractivity contribution < 1.29 is 9.59 Å².